The third-order valence-corrected chi connectivity index (χ3v) is 8.86. The molecule has 9 heteroatoms. The molecule has 43 heavy (non-hydrogen) atoms. The first-order valence-electron chi connectivity index (χ1n) is 15.0. The van der Waals surface area contributed by atoms with E-state index in [1.54, 1.807) is 29.2 Å². The molecule has 1 fully saturated rings. The predicted octanol–water partition coefficient (Wildman–Crippen LogP) is 6.32. The summed E-state index contributed by atoms with van der Waals surface area (Å²) in [5.74, 6) is -1.06. The summed E-state index contributed by atoms with van der Waals surface area (Å²) in [6, 6.07) is 19.7. The van der Waals surface area contributed by atoms with Gasteiger partial charge in [-0.05, 0) is 79.1 Å². The molecule has 1 saturated heterocycles. The third kappa shape index (κ3) is 7.93. The Morgan fingerprint density at radius 2 is 1.91 bits per heavy atom. The smallest absolute Gasteiger partial charge is 0.404 e. The van der Waals surface area contributed by atoms with Crippen molar-refractivity contribution in [2.45, 2.75) is 57.0 Å². The number of amides is 2. The minimum Gasteiger partial charge on any atom is -0.465 e. The molecule has 1 unspecified atom stereocenters. The third-order valence-electron chi connectivity index (χ3n) is 8.61. The van der Waals surface area contributed by atoms with Crippen LogP contribution in [0.4, 0.5) is 9.18 Å². The summed E-state index contributed by atoms with van der Waals surface area (Å²) < 4.78 is 15.7. The maximum atomic E-state index is 15.7. The van der Waals surface area contributed by atoms with Crippen LogP contribution in [-0.4, -0.2) is 53.3 Å². The molecule has 3 aromatic rings. The number of nitrogens with two attached hydrogens (primary N) is 1. The first-order chi connectivity index (χ1) is 20.7. The molecular formula is C34H41ClFN3O4. The second kappa shape index (κ2) is 14.8. The van der Waals surface area contributed by atoms with Crippen molar-refractivity contribution in [2.24, 2.45) is 11.7 Å². The highest BCUT2D eigenvalue weighted by atomic mass is 35.5. The molecule has 3 aromatic carbocycles. The topological polar surface area (TPSA) is 116 Å². The molecule has 1 aliphatic rings. The zero-order chi connectivity index (χ0) is 31.0. The van der Waals surface area contributed by atoms with Crippen molar-refractivity contribution in [3.63, 3.8) is 0 Å². The van der Waals surface area contributed by atoms with Crippen LogP contribution in [0.1, 0.15) is 61.6 Å². The van der Waals surface area contributed by atoms with E-state index in [1.807, 2.05) is 43.3 Å². The summed E-state index contributed by atoms with van der Waals surface area (Å²) in [5, 5.41) is 24.7. The van der Waals surface area contributed by atoms with Gasteiger partial charge >= 0.3 is 6.09 Å². The Morgan fingerprint density at radius 3 is 2.60 bits per heavy atom. The highest BCUT2D eigenvalue weighted by Gasteiger charge is 2.43. The van der Waals surface area contributed by atoms with Gasteiger partial charge in [0.2, 0.25) is 5.91 Å². The summed E-state index contributed by atoms with van der Waals surface area (Å²) in [6.45, 7) is 3.32. The minimum absolute atomic E-state index is 0.0555. The van der Waals surface area contributed by atoms with Gasteiger partial charge in [-0.3, -0.25) is 4.79 Å². The van der Waals surface area contributed by atoms with Gasteiger partial charge in [0, 0.05) is 48.5 Å². The van der Waals surface area contributed by atoms with Crippen molar-refractivity contribution in [3.8, 4) is 11.1 Å². The Bertz CT molecular complexity index is 1400. The molecule has 1 aliphatic heterocycles. The van der Waals surface area contributed by atoms with Crippen molar-refractivity contribution in [1.82, 2.24) is 10.2 Å². The lowest BCUT2D eigenvalue weighted by atomic mass is 9.72. The van der Waals surface area contributed by atoms with Gasteiger partial charge in [0.15, 0.2) is 0 Å². The fourth-order valence-corrected chi connectivity index (χ4v) is 6.37. The minimum atomic E-state index is -1.51. The zero-order valence-corrected chi connectivity index (χ0v) is 25.3. The van der Waals surface area contributed by atoms with E-state index in [4.69, 9.17) is 22.4 Å². The number of carbonyl (C=O) groups excluding carboxylic acids is 1. The first-order valence-corrected chi connectivity index (χ1v) is 15.3. The van der Waals surface area contributed by atoms with Crippen molar-refractivity contribution in [1.29, 1.82) is 0 Å². The van der Waals surface area contributed by atoms with Gasteiger partial charge in [-0.25, -0.2) is 9.18 Å². The van der Waals surface area contributed by atoms with E-state index in [1.165, 1.54) is 6.07 Å². The Kier molecular flexibility index (Phi) is 11.2. The quantitative estimate of drug-likeness (QED) is 0.180. The molecule has 3 atom stereocenters. The van der Waals surface area contributed by atoms with E-state index < -0.39 is 23.4 Å². The second-order valence-corrected chi connectivity index (χ2v) is 11.8. The lowest BCUT2D eigenvalue weighted by Crippen LogP contribution is -2.49. The Labute approximate surface area is 257 Å². The van der Waals surface area contributed by atoms with Crippen LogP contribution < -0.4 is 11.1 Å². The number of nitrogens with zero attached hydrogens (tertiary/aromatic N) is 1. The Hall–Kier alpha value is -3.46. The number of benzene rings is 3. The number of halogens is 2. The van der Waals surface area contributed by atoms with Crippen LogP contribution in [0.5, 0.6) is 0 Å². The fraction of sp³-hybridized carbons (Fsp3) is 0.412. The summed E-state index contributed by atoms with van der Waals surface area (Å²) in [7, 11) is 0. The predicted molar refractivity (Wildman–Crippen MR) is 168 cm³/mol. The molecule has 0 bridgehead atoms. The van der Waals surface area contributed by atoms with Crippen molar-refractivity contribution < 1.29 is 24.2 Å². The molecule has 0 saturated carbocycles. The summed E-state index contributed by atoms with van der Waals surface area (Å²) in [4.78, 5) is 26.5. The van der Waals surface area contributed by atoms with Crippen molar-refractivity contribution >= 4 is 23.6 Å². The molecular weight excluding hydrogens is 569 g/mol. The van der Waals surface area contributed by atoms with E-state index in [0.29, 0.717) is 60.6 Å². The van der Waals surface area contributed by atoms with Crippen LogP contribution in [0.3, 0.4) is 0 Å². The first kappa shape index (κ1) is 32.5. The number of carbonyl (C=O) groups is 2. The van der Waals surface area contributed by atoms with E-state index in [2.05, 4.69) is 5.32 Å². The average Bonchev–Trinajstić information content (AvgIpc) is 3.02. The van der Waals surface area contributed by atoms with Crippen LogP contribution in [0.15, 0.2) is 66.7 Å². The molecule has 0 spiro atoms. The lowest BCUT2D eigenvalue weighted by molar-refractivity contribution is -0.137. The van der Waals surface area contributed by atoms with Crippen LogP contribution in [0, 0.1) is 11.7 Å². The zero-order valence-electron chi connectivity index (χ0n) is 24.6. The number of likely N-dealkylation sites (tertiary alicyclic amines) is 1. The summed E-state index contributed by atoms with van der Waals surface area (Å²) in [6.07, 6.45) is 1.70. The number of nitrogens with one attached hydrogen (secondary N) is 1. The molecule has 4 rings (SSSR count). The molecule has 1 heterocycles. The number of hydrogen-bond donors (Lipinski definition) is 4. The summed E-state index contributed by atoms with van der Waals surface area (Å²) in [5.41, 5.74) is 8.00. The molecule has 2 amide bonds. The maximum absolute atomic E-state index is 15.7. The number of rotatable bonds is 12. The molecule has 0 aromatic heterocycles. The van der Waals surface area contributed by atoms with Gasteiger partial charge in [-0.2, -0.15) is 0 Å². The summed E-state index contributed by atoms with van der Waals surface area (Å²) >= 11 is 6.05. The van der Waals surface area contributed by atoms with Crippen LogP contribution in [-0.2, 0) is 16.8 Å². The normalized spacial score (nSPS) is 17.2. The number of aliphatic hydroxyl groups is 1. The lowest BCUT2D eigenvalue weighted by Gasteiger charge is -2.44. The van der Waals surface area contributed by atoms with Gasteiger partial charge in [0.25, 0.3) is 0 Å². The molecule has 0 aliphatic carbocycles. The number of carboxylic acid groups (broad SMARTS) is 1. The second-order valence-electron chi connectivity index (χ2n) is 11.3. The van der Waals surface area contributed by atoms with Gasteiger partial charge in [0.1, 0.15) is 5.82 Å². The van der Waals surface area contributed by atoms with Gasteiger partial charge < -0.3 is 26.2 Å². The standard InChI is InChI=1S/C34H41ClFN3O4/c1-2-23-7-3-8-25(19-23)32-29(10-4-11-30(32)36)34(43,16-6-17-38-33(41)42)27-9-5-18-39(22-27)31(40)20-26(21-37)24-12-14-28(35)15-13-24/h3-4,7-8,10-15,19,26-27,38,43H,2,5-6,9,16-18,20-22,37H2,1H3,(H,41,42)/t26?,27-,34+/m1/s1. The molecule has 5 N–H and O–H groups in total. The van der Waals surface area contributed by atoms with Gasteiger partial charge in [-0.1, -0.05) is 67.1 Å². The molecule has 230 valence electrons. The number of aryl methyl sites for hydroxylation is 1. The van der Waals surface area contributed by atoms with Crippen LogP contribution in [0.2, 0.25) is 5.02 Å². The molecule has 0 radical (unpaired) electrons. The van der Waals surface area contributed by atoms with E-state index in [-0.39, 0.29) is 31.2 Å². The maximum Gasteiger partial charge on any atom is 0.404 e. The van der Waals surface area contributed by atoms with Crippen molar-refractivity contribution in [2.75, 3.05) is 26.2 Å². The van der Waals surface area contributed by atoms with E-state index >= 15 is 4.39 Å². The van der Waals surface area contributed by atoms with Gasteiger partial charge in [-0.15, -0.1) is 0 Å². The number of piperidine rings is 1. The SMILES string of the molecule is CCc1cccc(-c2c(F)cccc2[C@](O)(CCCNC(=O)O)[C@@H]2CCCN(C(=O)CC(CN)c3ccc(Cl)cc3)C2)c1. The van der Waals surface area contributed by atoms with Gasteiger partial charge in [0.05, 0.1) is 5.60 Å². The monoisotopic (exact) mass is 609 g/mol. The number of hydrogen-bond acceptors (Lipinski definition) is 4. The largest absolute Gasteiger partial charge is 0.465 e. The van der Waals surface area contributed by atoms with Crippen LogP contribution >= 0.6 is 11.6 Å². The van der Waals surface area contributed by atoms with E-state index in [0.717, 1.165) is 17.5 Å². The molecule has 7 nitrogen and oxygen atoms in total. The average molecular weight is 610 g/mol. The van der Waals surface area contributed by atoms with E-state index in [9.17, 15) is 14.7 Å². The Morgan fingerprint density at radius 1 is 1.16 bits per heavy atom. The van der Waals surface area contributed by atoms with Crippen molar-refractivity contribution in [3.05, 3.63) is 94.3 Å². The Balaban J connectivity index is 1.65. The highest BCUT2D eigenvalue weighted by Crippen LogP contribution is 2.44. The van der Waals surface area contributed by atoms with Crippen LogP contribution in [0.25, 0.3) is 11.1 Å². The fourth-order valence-electron chi connectivity index (χ4n) is 6.24. The highest BCUT2D eigenvalue weighted by molar-refractivity contribution is 6.30.